The highest BCUT2D eigenvalue weighted by Gasteiger charge is 2.19. The Morgan fingerprint density at radius 1 is 1.10 bits per heavy atom. The van der Waals surface area contributed by atoms with E-state index >= 15 is 0 Å². The third-order valence-electron chi connectivity index (χ3n) is 4.11. The Labute approximate surface area is 133 Å². The normalized spacial score (nSPS) is 15.3. The van der Waals surface area contributed by atoms with Crippen LogP contribution in [0.4, 0.5) is 5.69 Å². The molecule has 0 saturated carbocycles. The minimum absolute atomic E-state index is 0.111. The molecule has 1 atom stereocenters. The van der Waals surface area contributed by atoms with Crippen molar-refractivity contribution in [2.45, 2.75) is 31.5 Å². The summed E-state index contributed by atoms with van der Waals surface area (Å²) in [6, 6.07) is 12.7. The summed E-state index contributed by atoms with van der Waals surface area (Å²) < 4.78 is 0. The second kappa shape index (κ2) is 5.64. The number of rotatable bonds is 2. The van der Waals surface area contributed by atoms with Crippen LogP contribution < -0.4 is 5.32 Å². The van der Waals surface area contributed by atoms with E-state index in [-0.39, 0.29) is 10.7 Å². The molecule has 21 heavy (non-hydrogen) atoms. The molecule has 3 rings (SSSR count). The first-order valence-electron chi connectivity index (χ1n) is 7.19. The molecule has 3 heteroatoms. The number of hydrogen-bond acceptors (Lipinski definition) is 1. The third kappa shape index (κ3) is 2.75. The largest absolute Gasteiger partial charge is 0.326 e. The molecule has 1 heterocycles. The van der Waals surface area contributed by atoms with Crippen molar-refractivity contribution in [1.29, 1.82) is 0 Å². The van der Waals surface area contributed by atoms with Gasteiger partial charge in [-0.15, -0.1) is 0 Å². The Balaban J connectivity index is 1.99. The molecule has 1 amide bonds. The van der Waals surface area contributed by atoms with Crippen LogP contribution in [0.25, 0.3) is 0 Å². The van der Waals surface area contributed by atoms with Crippen molar-refractivity contribution in [2.75, 3.05) is 5.32 Å². The predicted molar refractivity (Wildman–Crippen MR) is 90.1 cm³/mol. The Hall–Kier alpha value is -1.61. The van der Waals surface area contributed by atoms with Gasteiger partial charge < -0.3 is 5.32 Å². The zero-order chi connectivity index (χ0) is 15.0. The second-order valence-electron chi connectivity index (χ2n) is 5.63. The number of amides is 1. The zero-order valence-corrected chi connectivity index (χ0v) is 13.8. The molecule has 1 aliphatic rings. The lowest BCUT2D eigenvalue weighted by Crippen LogP contribution is -2.19. The number of alkyl halides is 1. The molecule has 1 unspecified atom stereocenters. The van der Waals surface area contributed by atoms with Crippen LogP contribution in [-0.4, -0.2) is 5.91 Å². The fraction of sp³-hybridized carbons (Fsp3) is 0.278. The van der Waals surface area contributed by atoms with Gasteiger partial charge in [0, 0.05) is 12.1 Å². The molecule has 0 bridgehead atoms. The first-order chi connectivity index (χ1) is 10.1. The smallest absolute Gasteiger partial charge is 0.224 e. The average molecular weight is 344 g/mol. The molecule has 0 saturated heterocycles. The number of carbonyl (C=O) groups is 1. The van der Waals surface area contributed by atoms with Crippen molar-refractivity contribution < 1.29 is 4.79 Å². The molecular formula is C18H18BrNO. The van der Waals surface area contributed by atoms with E-state index < -0.39 is 0 Å². The molecule has 0 spiro atoms. The van der Waals surface area contributed by atoms with Crippen LogP contribution in [0.1, 0.15) is 39.1 Å². The summed E-state index contributed by atoms with van der Waals surface area (Å²) in [6.07, 6.45) is 1.40. The quantitative estimate of drug-likeness (QED) is 0.788. The second-order valence-corrected chi connectivity index (χ2v) is 6.55. The van der Waals surface area contributed by atoms with Crippen molar-refractivity contribution >= 4 is 27.5 Å². The van der Waals surface area contributed by atoms with Crippen LogP contribution in [0.3, 0.4) is 0 Å². The van der Waals surface area contributed by atoms with Crippen molar-refractivity contribution in [3.05, 3.63) is 64.2 Å². The van der Waals surface area contributed by atoms with E-state index in [4.69, 9.17) is 0 Å². The predicted octanol–water partition coefficient (Wildman–Crippen LogP) is 4.67. The van der Waals surface area contributed by atoms with Crippen molar-refractivity contribution in [3.63, 3.8) is 0 Å². The molecule has 0 radical (unpaired) electrons. The van der Waals surface area contributed by atoms with Crippen LogP contribution in [0.5, 0.6) is 0 Å². The van der Waals surface area contributed by atoms with Gasteiger partial charge in [0.05, 0.1) is 4.83 Å². The standard InChI is InChI=1S/C18H18BrNO/c1-11-4-3-5-12(2)17(11)18(19)14-6-8-15-13(10-14)7-9-16(21)20-15/h3-6,8,10,18H,7,9H2,1-2H3,(H,20,21). The fourth-order valence-corrected chi connectivity index (χ4v) is 3.96. The van der Waals surface area contributed by atoms with E-state index in [2.05, 4.69) is 65.4 Å². The summed E-state index contributed by atoms with van der Waals surface area (Å²) in [7, 11) is 0. The van der Waals surface area contributed by atoms with Gasteiger partial charge in [-0.2, -0.15) is 0 Å². The number of anilines is 1. The number of carbonyl (C=O) groups excluding carboxylic acids is 1. The van der Waals surface area contributed by atoms with Crippen molar-refractivity contribution in [3.8, 4) is 0 Å². The van der Waals surface area contributed by atoms with Gasteiger partial charge in [0.1, 0.15) is 0 Å². The molecule has 1 N–H and O–H groups in total. The number of aryl methyl sites for hydroxylation is 3. The number of hydrogen-bond donors (Lipinski definition) is 1. The van der Waals surface area contributed by atoms with Crippen LogP contribution in [0.15, 0.2) is 36.4 Å². The van der Waals surface area contributed by atoms with Gasteiger partial charge >= 0.3 is 0 Å². The maximum atomic E-state index is 11.4. The van der Waals surface area contributed by atoms with E-state index in [1.165, 1.54) is 27.8 Å². The van der Waals surface area contributed by atoms with Crippen LogP contribution in [-0.2, 0) is 11.2 Å². The summed E-state index contributed by atoms with van der Waals surface area (Å²) in [5.41, 5.74) is 7.34. The number of nitrogens with one attached hydrogen (secondary N) is 1. The SMILES string of the molecule is Cc1cccc(C)c1C(Br)c1ccc2c(c1)CCC(=O)N2. The Bertz CT molecular complexity index is 688. The molecule has 0 fully saturated rings. The molecule has 2 aromatic rings. The lowest BCUT2D eigenvalue weighted by Gasteiger charge is -2.21. The first-order valence-corrected chi connectivity index (χ1v) is 8.10. The van der Waals surface area contributed by atoms with Gasteiger partial charge in [-0.3, -0.25) is 4.79 Å². The first kappa shape index (κ1) is 14.3. The molecular weight excluding hydrogens is 326 g/mol. The van der Waals surface area contributed by atoms with Gasteiger partial charge in [0.25, 0.3) is 0 Å². The fourth-order valence-electron chi connectivity index (χ4n) is 2.95. The summed E-state index contributed by atoms with van der Waals surface area (Å²) >= 11 is 3.85. The van der Waals surface area contributed by atoms with Crippen LogP contribution >= 0.6 is 15.9 Å². The topological polar surface area (TPSA) is 29.1 Å². The van der Waals surface area contributed by atoms with E-state index in [0.717, 1.165) is 12.1 Å². The van der Waals surface area contributed by atoms with E-state index in [9.17, 15) is 4.79 Å². The Kier molecular flexibility index (Phi) is 3.85. The van der Waals surface area contributed by atoms with E-state index in [1.807, 2.05) is 6.07 Å². The van der Waals surface area contributed by atoms with Gasteiger partial charge in [0.2, 0.25) is 5.91 Å². The Morgan fingerprint density at radius 2 is 1.81 bits per heavy atom. The highest BCUT2D eigenvalue weighted by molar-refractivity contribution is 9.09. The minimum atomic E-state index is 0.111. The summed E-state index contributed by atoms with van der Waals surface area (Å²) in [6.45, 7) is 4.30. The van der Waals surface area contributed by atoms with Crippen molar-refractivity contribution in [2.24, 2.45) is 0 Å². The molecule has 1 aliphatic heterocycles. The number of halogens is 1. The molecule has 2 nitrogen and oxygen atoms in total. The molecule has 0 aliphatic carbocycles. The van der Waals surface area contributed by atoms with Gasteiger partial charge in [0.15, 0.2) is 0 Å². The van der Waals surface area contributed by atoms with Gasteiger partial charge in [-0.05, 0) is 54.2 Å². The van der Waals surface area contributed by atoms with E-state index in [1.54, 1.807) is 0 Å². The van der Waals surface area contributed by atoms with E-state index in [0.29, 0.717) is 6.42 Å². The Morgan fingerprint density at radius 3 is 2.52 bits per heavy atom. The van der Waals surface area contributed by atoms with Gasteiger partial charge in [-0.25, -0.2) is 0 Å². The van der Waals surface area contributed by atoms with Crippen molar-refractivity contribution in [1.82, 2.24) is 0 Å². The minimum Gasteiger partial charge on any atom is -0.326 e. The summed E-state index contributed by atoms with van der Waals surface area (Å²) in [5.74, 6) is 0.111. The zero-order valence-electron chi connectivity index (χ0n) is 12.2. The van der Waals surface area contributed by atoms with Gasteiger partial charge in [-0.1, -0.05) is 46.3 Å². The summed E-state index contributed by atoms with van der Waals surface area (Å²) in [5, 5.41) is 2.93. The maximum Gasteiger partial charge on any atom is 0.224 e. The lowest BCUT2D eigenvalue weighted by molar-refractivity contribution is -0.116. The van der Waals surface area contributed by atoms with Crippen LogP contribution in [0, 0.1) is 13.8 Å². The average Bonchev–Trinajstić information content (AvgIpc) is 2.46. The lowest BCUT2D eigenvalue weighted by atomic mass is 9.93. The monoisotopic (exact) mass is 343 g/mol. The van der Waals surface area contributed by atoms with Crippen LogP contribution in [0.2, 0.25) is 0 Å². The summed E-state index contributed by atoms with van der Waals surface area (Å²) in [4.78, 5) is 11.6. The highest BCUT2D eigenvalue weighted by Crippen LogP contribution is 2.37. The molecule has 2 aromatic carbocycles. The number of fused-ring (bicyclic) bond motifs is 1. The highest BCUT2D eigenvalue weighted by atomic mass is 79.9. The third-order valence-corrected chi connectivity index (χ3v) is 5.10. The molecule has 108 valence electrons. The maximum absolute atomic E-state index is 11.4. The number of benzene rings is 2. The molecule has 0 aromatic heterocycles.